The minimum absolute atomic E-state index is 0.0187. The van der Waals surface area contributed by atoms with Crippen LogP contribution in [0.1, 0.15) is 25.0 Å². The molecule has 1 N–H and O–H groups in total. The third-order valence-electron chi connectivity index (χ3n) is 4.06. The van der Waals surface area contributed by atoms with Crippen molar-refractivity contribution < 1.29 is 17.9 Å². The Morgan fingerprint density at radius 2 is 1.74 bits per heavy atom. The number of carbonyl (C=O) groups excluding carboxylic acids is 1. The number of hydrogen-bond donors (Lipinski definition) is 1. The zero-order valence-electron chi connectivity index (χ0n) is 16.3. The van der Waals surface area contributed by atoms with Gasteiger partial charge in [-0.1, -0.05) is 12.1 Å². The molecule has 0 aromatic heterocycles. The molecule has 2 aromatic rings. The predicted octanol–water partition coefficient (Wildman–Crippen LogP) is 3.50. The standard InChI is InChI=1S/C20H26N2O4S/c1-14(2)26-18-11-9-17(10-12-18)22(27(5,24)25)13-20(23)21-19-8-6-7-15(3)16(19)4/h6-12,14H,13H2,1-5H3,(H,21,23). The van der Waals surface area contributed by atoms with E-state index in [0.29, 0.717) is 17.1 Å². The van der Waals surface area contributed by atoms with Crippen LogP contribution in [-0.4, -0.2) is 33.2 Å². The van der Waals surface area contributed by atoms with Crippen LogP contribution in [-0.2, 0) is 14.8 Å². The topological polar surface area (TPSA) is 75.7 Å². The number of anilines is 2. The summed E-state index contributed by atoms with van der Waals surface area (Å²) in [6.07, 6.45) is 1.10. The molecule has 0 radical (unpaired) electrons. The highest BCUT2D eigenvalue weighted by atomic mass is 32.2. The van der Waals surface area contributed by atoms with Gasteiger partial charge in [-0.2, -0.15) is 0 Å². The summed E-state index contributed by atoms with van der Waals surface area (Å²) >= 11 is 0. The second-order valence-electron chi connectivity index (χ2n) is 6.73. The van der Waals surface area contributed by atoms with Gasteiger partial charge in [0.1, 0.15) is 12.3 Å². The summed E-state index contributed by atoms with van der Waals surface area (Å²) in [5, 5.41) is 2.79. The SMILES string of the molecule is Cc1cccc(NC(=O)CN(c2ccc(OC(C)C)cc2)S(C)(=O)=O)c1C. The number of amides is 1. The van der Waals surface area contributed by atoms with Gasteiger partial charge in [-0.25, -0.2) is 8.42 Å². The van der Waals surface area contributed by atoms with E-state index < -0.39 is 15.9 Å². The quantitative estimate of drug-likeness (QED) is 0.785. The maximum Gasteiger partial charge on any atom is 0.245 e. The summed E-state index contributed by atoms with van der Waals surface area (Å²) in [6.45, 7) is 7.38. The Morgan fingerprint density at radius 1 is 1.11 bits per heavy atom. The molecule has 0 aliphatic carbocycles. The van der Waals surface area contributed by atoms with Crippen molar-refractivity contribution in [2.45, 2.75) is 33.8 Å². The summed E-state index contributed by atoms with van der Waals surface area (Å²) in [4.78, 5) is 12.5. The van der Waals surface area contributed by atoms with Crippen LogP contribution in [0, 0.1) is 13.8 Å². The number of ether oxygens (including phenoxy) is 1. The molecule has 0 heterocycles. The number of nitrogens with zero attached hydrogens (tertiary/aromatic N) is 1. The van der Waals surface area contributed by atoms with Gasteiger partial charge in [0.15, 0.2) is 0 Å². The Labute approximate surface area is 161 Å². The largest absolute Gasteiger partial charge is 0.491 e. The Morgan fingerprint density at radius 3 is 2.30 bits per heavy atom. The molecule has 0 spiro atoms. The van der Waals surface area contributed by atoms with Crippen molar-refractivity contribution in [3.05, 3.63) is 53.6 Å². The first-order valence-corrected chi connectivity index (χ1v) is 10.5. The number of benzene rings is 2. The molecular formula is C20H26N2O4S. The fraction of sp³-hybridized carbons (Fsp3) is 0.350. The average molecular weight is 391 g/mol. The second-order valence-corrected chi connectivity index (χ2v) is 8.63. The van der Waals surface area contributed by atoms with Crippen LogP contribution in [0.5, 0.6) is 5.75 Å². The van der Waals surface area contributed by atoms with Crippen LogP contribution in [0.4, 0.5) is 11.4 Å². The van der Waals surface area contributed by atoms with Crippen LogP contribution < -0.4 is 14.4 Å². The maximum atomic E-state index is 12.5. The van der Waals surface area contributed by atoms with Gasteiger partial charge in [0.25, 0.3) is 0 Å². The third-order valence-corrected chi connectivity index (χ3v) is 5.20. The van der Waals surface area contributed by atoms with Crippen molar-refractivity contribution in [3.63, 3.8) is 0 Å². The molecule has 27 heavy (non-hydrogen) atoms. The highest BCUT2D eigenvalue weighted by Crippen LogP contribution is 2.23. The van der Waals surface area contributed by atoms with Gasteiger partial charge in [0.2, 0.25) is 15.9 Å². The van der Waals surface area contributed by atoms with Gasteiger partial charge in [0.05, 0.1) is 18.0 Å². The Balaban J connectivity index is 2.20. The molecule has 0 aliphatic heterocycles. The summed E-state index contributed by atoms with van der Waals surface area (Å²) < 4.78 is 31.1. The van der Waals surface area contributed by atoms with Gasteiger partial charge < -0.3 is 10.1 Å². The van der Waals surface area contributed by atoms with Crippen LogP contribution in [0.2, 0.25) is 0 Å². The molecule has 0 bridgehead atoms. The monoisotopic (exact) mass is 390 g/mol. The van der Waals surface area contributed by atoms with Crippen LogP contribution in [0.25, 0.3) is 0 Å². The van der Waals surface area contributed by atoms with Crippen LogP contribution >= 0.6 is 0 Å². The normalized spacial score (nSPS) is 11.3. The summed E-state index contributed by atoms with van der Waals surface area (Å²) in [6, 6.07) is 12.2. The zero-order valence-corrected chi connectivity index (χ0v) is 17.1. The lowest BCUT2D eigenvalue weighted by Gasteiger charge is -2.22. The average Bonchev–Trinajstić information content (AvgIpc) is 2.56. The molecule has 0 atom stereocenters. The first-order valence-electron chi connectivity index (χ1n) is 8.68. The lowest BCUT2D eigenvalue weighted by atomic mass is 10.1. The number of aryl methyl sites for hydroxylation is 1. The summed E-state index contributed by atoms with van der Waals surface area (Å²) in [5.41, 5.74) is 3.08. The van der Waals surface area contributed by atoms with E-state index in [1.165, 1.54) is 0 Å². The molecule has 7 heteroatoms. The number of hydrogen-bond acceptors (Lipinski definition) is 4. The van der Waals surface area contributed by atoms with E-state index >= 15 is 0 Å². The lowest BCUT2D eigenvalue weighted by molar-refractivity contribution is -0.114. The Hall–Kier alpha value is -2.54. The van der Waals surface area contributed by atoms with Crippen molar-refractivity contribution in [1.82, 2.24) is 0 Å². The number of rotatable bonds is 7. The molecule has 146 valence electrons. The first kappa shape index (κ1) is 20.8. The van der Waals surface area contributed by atoms with E-state index in [0.717, 1.165) is 21.7 Å². The minimum atomic E-state index is -3.63. The van der Waals surface area contributed by atoms with Crippen LogP contribution in [0.15, 0.2) is 42.5 Å². The van der Waals surface area contributed by atoms with E-state index in [9.17, 15) is 13.2 Å². The number of nitrogens with one attached hydrogen (secondary N) is 1. The molecule has 2 aromatic carbocycles. The van der Waals surface area contributed by atoms with E-state index in [-0.39, 0.29) is 12.6 Å². The smallest absolute Gasteiger partial charge is 0.245 e. The maximum absolute atomic E-state index is 12.5. The highest BCUT2D eigenvalue weighted by Gasteiger charge is 2.21. The van der Waals surface area contributed by atoms with Gasteiger partial charge in [-0.15, -0.1) is 0 Å². The van der Waals surface area contributed by atoms with Crippen molar-refractivity contribution in [2.24, 2.45) is 0 Å². The van der Waals surface area contributed by atoms with E-state index in [1.807, 2.05) is 39.8 Å². The molecule has 0 fully saturated rings. The first-order chi connectivity index (χ1) is 12.6. The Bertz CT molecular complexity index is 906. The molecule has 0 saturated heterocycles. The zero-order chi connectivity index (χ0) is 20.2. The molecule has 0 saturated carbocycles. The van der Waals surface area contributed by atoms with Gasteiger partial charge in [-0.05, 0) is 69.2 Å². The summed E-state index contributed by atoms with van der Waals surface area (Å²) in [7, 11) is -3.63. The van der Waals surface area contributed by atoms with E-state index in [1.54, 1.807) is 30.3 Å². The van der Waals surface area contributed by atoms with Crippen molar-refractivity contribution >= 4 is 27.3 Å². The van der Waals surface area contributed by atoms with Crippen LogP contribution in [0.3, 0.4) is 0 Å². The van der Waals surface area contributed by atoms with Crippen molar-refractivity contribution in [3.8, 4) is 5.75 Å². The van der Waals surface area contributed by atoms with Gasteiger partial charge in [-0.3, -0.25) is 9.10 Å². The Kier molecular flexibility index (Phi) is 6.49. The lowest BCUT2D eigenvalue weighted by Crippen LogP contribution is -2.37. The molecule has 2 rings (SSSR count). The molecule has 1 amide bonds. The third kappa shape index (κ3) is 5.72. The number of sulfonamides is 1. The van der Waals surface area contributed by atoms with Gasteiger partial charge in [0, 0.05) is 5.69 Å². The minimum Gasteiger partial charge on any atom is -0.491 e. The van der Waals surface area contributed by atoms with Crippen molar-refractivity contribution in [2.75, 3.05) is 22.4 Å². The second kappa shape index (κ2) is 8.43. The molecular weight excluding hydrogens is 364 g/mol. The van der Waals surface area contributed by atoms with Crippen molar-refractivity contribution in [1.29, 1.82) is 0 Å². The highest BCUT2D eigenvalue weighted by molar-refractivity contribution is 7.92. The van der Waals surface area contributed by atoms with E-state index in [2.05, 4.69) is 5.32 Å². The fourth-order valence-electron chi connectivity index (χ4n) is 2.57. The predicted molar refractivity (Wildman–Crippen MR) is 109 cm³/mol. The van der Waals surface area contributed by atoms with Gasteiger partial charge >= 0.3 is 0 Å². The van der Waals surface area contributed by atoms with E-state index in [4.69, 9.17) is 4.74 Å². The molecule has 0 aliphatic rings. The fourth-order valence-corrected chi connectivity index (χ4v) is 3.43. The summed E-state index contributed by atoms with van der Waals surface area (Å²) in [5.74, 6) is 0.235. The number of carbonyl (C=O) groups is 1. The molecule has 6 nitrogen and oxygen atoms in total. The molecule has 0 unspecified atom stereocenters.